The zero-order valence-corrected chi connectivity index (χ0v) is 14.0. The summed E-state index contributed by atoms with van der Waals surface area (Å²) >= 11 is 0. The Morgan fingerprint density at radius 2 is 1.85 bits per heavy atom. The Morgan fingerprint density at radius 3 is 2.70 bits per heavy atom. The molecule has 0 aliphatic carbocycles. The Labute approximate surface area is 151 Å². The van der Waals surface area contributed by atoms with Crippen LogP contribution in [0.2, 0.25) is 0 Å². The lowest BCUT2D eigenvalue weighted by Crippen LogP contribution is -2.01. The summed E-state index contributed by atoms with van der Waals surface area (Å²) in [7, 11) is 0. The summed E-state index contributed by atoms with van der Waals surface area (Å²) in [5, 5.41) is 9.05. The summed E-state index contributed by atoms with van der Waals surface area (Å²) in [6.45, 7) is 1.84. The molecule has 4 heterocycles. The average Bonchev–Trinajstić information content (AvgIpc) is 3.30. The van der Waals surface area contributed by atoms with E-state index in [1.165, 1.54) is 29.3 Å². The molecule has 0 aliphatic heterocycles. The fraction of sp³-hybridized carbons (Fsp3) is 0.0588. The molecule has 0 fully saturated rings. The molecule has 0 aliphatic rings. The van der Waals surface area contributed by atoms with Crippen molar-refractivity contribution in [3.8, 4) is 17.4 Å². The largest absolute Gasteiger partial charge is 0.420 e. The molecule has 0 unspecified atom stereocenters. The summed E-state index contributed by atoms with van der Waals surface area (Å²) in [4.78, 5) is 16.9. The highest BCUT2D eigenvalue weighted by atomic mass is 19.1. The van der Waals surface area contributed by atoms with Gasteiger partial charge in [-0.1, -0.05) is 0 Å². The molecule has 0 spiro atoms. The van der Waals surface area contributed by atoms with E-state index in [1.54, 1.807) is 29.1 Å². The molecule has 5 aromatic rings. The van der Waals surface area contributed by atoms with E-state index < -0.39 is 0 Å². The first-order valence-corrected chi connectivity index (χ1v) is 7.99. The molecule has 0 N–H and O–H groups in total. The highest BCUT2D eigenvalue weighted by Gasteiger charge is 2.15. The molecule has 0 atom stereocenters. The van der Waals surface area contributed by atoms with Gasteiger partial charge in [-0.3, -0.25) is 0 Å². The van der Waals surface area contributed by atoms with Gasteiger partial charge in [0.25, 0.3) is 5.78 Å². The Morgan fingerprint density at radius 1 is 1.00 bits per heavy atom. The molecule has 1 aromatic carbocycles. The molecule has 0 bridgehead atoms. The van der Waals surface area contributed by atoms with Gasteiger partial charge in [-0.05, 0) is 31.2 Å². The maximum absolute atomic E-state index is 13.2. The lowest BCUT2D eigenvalue weighted by atomic mass is 10.3. The summed E-state index contributed by atoms with van der Waals surface area (Å²) in [5.41, 5.74) is 1.94. The second-order valence-corrected chi connectivity index (χ2v) is 5.76. The second-order valence-electron chi connectivity index (χ2n) is 5.76. The van der Waals surface area contributed by atoms with Crippen molar-refractivity contribution in [2.24, 2.45) is 0 Å². The molecular formula is C17H11FN8O. The summed E-state index contributed by atoms with van der Waals surface area (Å²) in [6, 6.07) is 7.70. The lowest BCUT2D eigenvalue weighted by molar-refractivity contribution is 0.433. The summed E-state index contributed by atoms with van der Waals surface area (Å²) in [6.07, 6.45) is 4.38. The van der Waals surface area contributed by atoms with E-state index in [4.69, 9.17) is 4.74 Å². The van der Waals surface area contributed by atoms with E-state index in [-0.39, 0.29) is 5.82 Å². The van der Waals surface area contributed by atoms with Gasteiger partial charge in [0, 0.05) is 11.8 Å². The topological polar surface area (TPSA) is 95.9 Å². The maximum atomic E-state index is 13.2. The smallest absolute Gasteiger partial charge is 0.255 e. The Kier molecular flexibility index (Phi) is 3.29. The molecule has 0 saturated carbocycles. The summed E-state index contributed by atoms with van der Waals surface area (Å²) < 4.78 is 22.2. The van der Waals surface area contributed by atoms with Crippen LogP contribution >= 0.6 is 0 Å². The van der Waals surface area contributed by atoms with E-state index in [2.05, 4.69) is 30.1 Å². The zero-order valence-electron chi connectivity index (χ0n) is 14.0. The number of ether oxygens (including phenoxy) is 1. The monoisotopic (exact) mass is 362 g/mol. The molecule has 0 saturated heterocycles. The standard InChI is InChI=1S/C17H11FN8O/c1-10-6-14(26-17(24-10)21-9-23-26)27-16-13-7-22-25(15(13)19-8-20-16)12-4-2-11(18)3-5-12/h2-9H,1H3. The first kappa shape index (κ1) is 15.3. The van der Waals surface area contributed by atoms with Gasteiger partial charge in [0.15, 0.2) is 5.65 Å². The normalized spacial score (nSPS) is 11.3. The lowest BCUT2D eigenvalue weighted by Gasteiger charge is -2.07. The molecule has 132 valence electrons. The number of hydrogen-bond donors (Lipinski definition) is 0. The third-order valence-corrected chi connectivity index (χ3v) is 3.95. The van der Waals surface area contributed by atoms with Crippen LogP contribution in [-0.2, 0) is 0 Å². The van der Waals surface area contributed by atoms with Gasteiger partial charge in [-0.15, -0.1) is 0 Å². The van der Waals surface area contributed by atoms with Crippen molar-refractivity contribution >= 4 is 16.8 Å². The van der Waals surface area contributed by atoms with Gasteiger partial charge in [-0.2, -0.15) is 19.7 Å². The van der Waals surface area contributed by atoms with Crippen LogP contribution < -0.4 is 4.74 Å². The van der Waals surface area contributed by atoms with E-state index >= 15 is 0 Å². The minimum Gasteiger partial charge on any atom is -0.420 e. The number of aryl methyl sites for hydroxylation is 1. The molecule has 5 rings (SSSR count). The quantitative estimate of drug-likeness (QED) is 0.486. The van der Waals surface area contributed by atoms with Gasteiger partial charge >= 0.3 is 0 Å². The van der Waals surface area contributed by atoms with Crippen LogP contribution in [0.1, 0.15) is 5.69 Å². The van der Waals surface area contributed by atoms with Crippen molar-refractivity contribution in [2.75, 3.05) is 0 Å². The van der Waals surface area contributed by atoms with E-state index in [1.807, 2.05) is 6.92 Å². The number of rotatable bonds is 3. The highest BCUT2D eigenvalue weighted by Crippen LogP contribution is 2.27. The SMILES string of the molecule is Cc1cc(Oc2ncnc3c2cnn3-c2ccc(F)cc2)n2ncnc2n1. The van der Waals surface area contributed by atoms with E-state index in [9.17, 15) is 4.39 Å². The predicted molar refractivity (Wildman–Crippen MR) is 92.2 cm³/mol. The molecular weight excluding hydrogens is 351 g/mol. The highest BCUT2D eigenvalue weighted by molar-refractivity contribution is 5.81. The Balaban J connectivity index is 1.62. The van der Waals surface area contributed by atoms with E-state index in [0.29, 0.717) is 34.3 Å². The van der Waals surface area contributed by atoms with Crippen LogP contribution in [-0.4, -0.2) is 39.3 Å². The van der Waals surface area contributed by atoms with Gasteiger partial charge in [0.1, 0.15) is 23.9 Å². The van der Waals surface area contributed by atoms with Gasteiger partial charge in [0.05, 0.1) is 11.9 Å². The third kappa shape index (κ3) is 2.54. The number of benzene rings is 1. The van der Waals surface area contributed by atoms with Crippen LogP contribution in [0.4, 0.5) is 4.39 Å². The molecule has 0 radical (unpaired) electrons. The van der Waals surface area contributed by atoms with Crippen molar-refractivity contribution < 1.29 is 9.13 Å². The van der Waals surface area contributed by atoms with E-state index in [0.717, 1.165) is 5.69 Å². The molecule has 4 aromatic heterocycles. The van der Waals surface area contributed by atoms with Gasteiger partial charge in [-0.25, -0.2) is 24.0 Å². The number of hydrogen-bond acceptors (Lipinski definition) is 7. The zero-order chi connectivity index (χ0) is 18.4. The summed E-state index contributed by atoms with van der Waals surface area (Å²) in [5.74, 6) is 0.844. The van der Waals surface area contributed by atoms with Crippen molar-refractivity contribution in [1.82, 2.24) is 39.3 Å². The van der Waals surface area contributed by atoms with Crippen molar-refractivity contribution in [1.29, 1.82) is 0 Å². The molecule has 9 nitrogen and oxygen atoms in total. The second kappa shape index (κ2) is 5.80. The Bertz CT molecular complexity index is 1280. The van der Waals surface area contributed by atoms with Crippen LogP contribution in [0.15, 0.2) is 49.2 Å². The fourth-order valence-electron chi connectivity index (χ4n) is 2.74. The minimum atomic E-state index is -0.321. The van der Waals surface area contributed by atoms with Crippen molar-refractivity contribution in [3.05, 3.63) is 60.7 Å². The van der Waals surface area contributed by atoms with Gasteiger partial charge in [0.2, 0.25) is 11.8 Å². The number of halogens is 1. The predicted octanol–water partition coefficient (Wildman–Crippen LogP) is 2.49. The number of fused-ring (bicyclic) bond motifs is 2. The average molecular weight is 362 g/mol. The van der Waals surface area contributed by atoms with Gasteiger partial charge < -0.3 is 4.74 Å². The minimum absolute atomic E-state index is 0.316. The first-order chi connectivity index (χ1) is 13.2. The number of nitrogens with zero attached hydrogens (tertiary/aromatic N) is 8. The fourth-order valence-corrected chi connectivity index (χ4v) is 2.74. The molecule has 27 heavy (non-hydrogen) atoms. The molecule has 0 amide bonds. The van der Waals surface area contributed by atoms with Crippen LogP contribution in [0.5, 0.6) is 11.8 Å². The van der Waals surface area contributed by atoms with Crippen LogP contribution in [0, 0.1) is 12.7 Å². The maximum Gasteiger partial charge on any atom is 0.255 e. The Hall–Kier alpha value is -3.95. The van der Waals surface area contributed by atoms with Crippen molar-refractivity contribution in [2.45, 2.75) is 6.92 Å². The molecule has 10 heteroatoms. The number of aromatic nitrogens is 8. The van der Waals surface area contributed by atoms with Crippen LogP contribution in [0.25, 0.3) is 22.5 Å². The van der Waals surface area contributed by atoms with Crippen molar-refractivity contribution in [3.63, 3.8) is 0 Å². The third-order valence-electron chi connectivity index (χ3n) is 3.95. The first-order valence-electron chi connectivity index (χ1n) is 7.99. The van der Waals surface area contributed by atoms with Crippen LogP contribution in [0.3, 0.4) is 0 Å².